The number of oxazole rings is 1. The van der Waals surface area contributed by atoms with Gasteiger partial charge in [0.05, 0.1) is 29.2 Å². The van der Waals surface area contributed by atoms with Crippen LogP contribution in [0, 0.1) is 0 Å². The standard InChI is InChI=1S/C21H24N4O2/c1-24-20(23-15-8-3-2-7-14(15)21(24)26)17-10-6-12-25(17)13-19-22-16-9-4-5-11-18(16)27-19/h2-3,7-8,17H,4-6,9-13H2,1H3. The maximum Gasteiger partial charge on any atom is 0.261 e. The Kier molecular flexibility index (Phi) is 4.08. The second-order valence-corrected chi connectivity index (χ2v) is 7.66. The topological polar surface area (TPSA) is 64.2 Å². The highest BCUT2D eigenvalue weighted by Crippen LogP contribution is 2.33. The lowest BCUT2D eigenvalue weighted by molar-refractivity contribution is 0.210. The van der Waals surface area contributed by atoms with E-state index in [2.05, 4.69) is 4.90 Å². The van der Waals surface area contributed by atoms with E-state index in [0.717, 1.165) is 60.9 Å². The van der Waals surface area contributed by atoms with Crippen LogP contribution < -0.4 is 5.56 Å². The van der Waals surface area contributed by atoms with Gasteiger partial charge in [0.2, 0.25) is 5.89 Å². The Hall–Kier alpha value is -2.47. The minimum atomic E-state index is 0.0223. The largest absolute Gasteiger partial charge is 0.444 e. The van der Waals surface area contributed by atoms with Crippen molar-refractivity contribution < 1.29 is 4.42 Å². The van der Waals surface area contributed by atoms with Gasteiger partial charge in [-0.3, -0.25) is 14.3 Å². The summed E-state index contributed by atoms with van der Waals surface area (Å²) in [5.41, 5.74) is 1.94. The number of fused-ring (bicyclic) bond motifs is 2. The first-order valence-electron chi connectivity index (χ1n) is 9.88. The maximum atomic E-state index is 12.8. The van der Waals surface area contributed by atoms with E-state index in [4.69, 9.17) is 14.4 Å². The first-order chi connectivity index (χ1) is 13.2. The molecule has 1 saturated heterocycles. The van der Waals surface area contributed by atoms with Gasteiger partial charge >= 0.3 is 0 Å². The summed E-state index contributed by atoms with van der Waals surface area (Å²) in [6, 6.07) is 7.70. The summed E-state index contributed by atoms with van der Waals surface area (Å²) in [6.45, 7) is 1.65. The van der Waals surface area contributed by atoms with Crippen molar-refractivity contribution in [1.29, 1.82) is 0 Å². The highest BCUT2D eigenvalue weighted by Gasteiger charge is 2.31. The van der Waals surface area contributed by atoms with E-state index in [9.17, 15) is 4.79 Å². The number of aryl methyl sites for hydroxylation is 2. The highest BCUT2D eigenvalue weighted by atomic mass is 16.4. The summed E-state index contributed by atoms with van der Waals surface area (Å²) in [7, 11) is 1.83. The molecule has 2 aromatic heterocycles. The minimum absolute atomic E-state index is 0.0223. The van der Waals surface area contributed by atoms with E-state index in [-0.39, 0.29) is 11.6 Å². The molecule has 1 fully saturated rings. The molecule has 1 aromatic carbocycles. The van der Waals surface area contributed by atoms with Gasteiger partial charge in [0.1, 0.15) is 11.6 Å². The predicted octanol–water partition coefficient (Wildman–Crippen LogP) is 3.14. The van der Waals surface area contributed by atoms with E-state index in [1.165, 1.54) is 12.8 Å². The van der Waals surface area contributed by atoms with E-state index in [1.807, 2.05) is 31.3 Å². The number of hydrogen-bond donors (Lipinski definition) is 0. The Morgan fingerprint density at radius 3 is 2.89 bits per heavy atom. The zero-order valence-electron chi connectivity index (χ0n) is 15.6. The van der Waals surface area contributed by atoms with Crippen molar-refractivity contribution >= 4 is 10.9 Å². The molecule has 3 heterocycles. The van der Waals surface area contributed by atoms with Crippen molar-refractivity contribution in [1.82, 2.24) is 19.4 Å². The molecule has 3 aromatic rings. The van der Waals surface area contributed by atoms with E-state index >= 15 is 0 Å². The third-order valence-electron chi connectivity index (χ3n) is 5.91. The first kappa shape index (κ1) is 16.7. The summed E-state index contributed by atoms with van der Waals surface area (Å²) in [5, 5.41) is 0.675. The van der Waals surface area contributed by atoms with Gasteiger partial charge in [0.15, 0.2) is 0 Å². The molecule has 1 aliphatic carbocycles. The van der Waals surface area contributed by atoms with Crippen molar-refractivity contribution in [3.63, 3.8) is 0 Å². The van der Waals surface area contributed by atoms with Crippen LogP contribution in [0.4, 0.5) is 0 Å². The van der Waals surface area contributed by atoms with Crippen molar-refractivity contribution in [2.75, 3.05) is 6.54 Å². The highest BCUT2D eigenvalue weighted by molar-refractivity contribution is 5.77. The van der Waals surface area contributed by atoms with Crippen molar-refractivity contribution in [2.45, 2.75) is 51.1 Å². The normalized spacial score (nSPS) is 20.3. The lowest BCUT2D eigenvalue weighted by atomic mass is 10.0. The molecule has 0 bridgehead atoms. The zero-order valence-corrected chi connectivity index (χ0v) is 15.6. The van der Waals surface area contributed by atoms with Crippen LogP contribution in [0.5, 0.6) is 0 Å². The van der Waals surface area contributed by atoms with Gasteiger partial charge < -0.3 is 4.42 Å². The average molecular weight is 364 g/mol. The second kappa shape index (κ2) is 6.60. The molecule has 140 valence electrons. The molecule has 6 nitrogen and oxygen atoms in total. The van der Waals surface area contributed by atoms with Gasteiger partial charge in [-0.05, 0) is 50.8 Å². The minimum Gasteiger partial charge on any atom is -0.444 e. The average Bonchev–Trinajstić information content (AvgIpc) is 3.31. The predicted molar refractivity (Wildman–Crippen MR) is 103 cm³/mol. The fourth-order valence-electron chi connectivity index (χ4n) is 4.49. The Labute approximate surface area is 157 Å². The fourth-order valence-corrected chi connectivity index (χ4v) is 4.49. The Morgan fingerprint density at radius 2 is 2.00 bits per heavy atom. The first-order valence-corrected chi connectivity index (χ1v) is 9.88. The van der Waals surface area contributed by atoms with E-state index in [0.29, 0.717) is 11.9 Å². The molecule has 0 N–H and O–H groups in total. The monoisotopic (exact) mass is 364 g/mol. The van der Waals surface area contributed by atoms with Crippen LogP contribution in [-0.2, 0) is 26.4 Å². The lowest BCUT2D eigenvalue weighted by Gasteiger charge is -2.24. The molecular formula is C21H24N4O2. The van der Waals surface area contributed by atoms with Crippen LogP contribution in [0.3, 0.4) is 0 Å². The van der Waals surface area contributed by atoms with Gasteiger partial charge in [0.25, 0.3) is 5.56 Å². The lowest BCUT2D eigenvalue weighted by Crippen LogP contribution is -2.30. The molecule has 6 heteroatoms. The molecule has 5 rings (SSSR count). The molecule has 2 aliphatic rings. The number of para-hydroxylation sites is 1. The summed E-state index contributed by atoms with van der Waals surface area (Å²) in [6.07, 6.45) is 6.52. The SMILES string of the molecule is Cn1c(C2CCCN2Cc2nc3c(o2)CCCC3)nc2ccccc2c1=O. The third kappa shape index (κ3) is 2.88. The third-order valence-corrected chi connectivity index (χ3v) is 5.91. The van der Waals surface area contributed by atoms with Crippen LogP contribution in [-0.4, -0.2) is 26.0 Å². The number of likely N-dealkylation sites (tertiary alicyclic amines) is 1. The van der Waals surface area contributed by atoms with Crippen LogP contribution in [0.1, 0.15) is 54.9 Å². The summed E-state index contributed by atoms with van der Waals surface area (Å²) in [4.78, 5) is 24.7. The zero-order chi connectivity index (χ0) is 18.4. The van der Waals surface area contributed by atoms with E-state index in [1.54, 1.807) is 4.57 Å². The van der Waals surface area contributed by atoms with Crippen LogP contribution in [0.15, 0.2) is 33.5 Å². The summed E-state index contributed by atoms with van der Waals surface area (Å²) < 4.78 is 7.75. The van der Waals surface area contributed by atoms with Crippen molar-refractivity contribution in [2.24, 2.45) is 7.05 Å². The Balaban J connectivity index is 1.48. The molecule has 0 radical (unpaired) electrons. The molecule has 0 amide bonds. The quantitative estimate of drug-likeness (QED) is 0.714. The maximum absolute atomic E-state index is 12.8. The van der Waals surface area contributed by atoms with E-state index < -0.39 is 0 Å². The van der Waals surface area contributed by atoms with Gasteiger partial charge in [-0.2, -0.15) is 0 Å². The number of benzene rings is 1. The molecule has 1 unspecified atom stereocenters. The number of aromatic nitrogens is 3. The van der Waals surface area contributed by atoms with Crippen LogP contribution in [0.2, 0.25) is 0 Å². The molecule has 0 saturated carbocycles. The number of hydrogen-bond acceptors (Lipinski definition) is 5. The Bertz CT molecular complexity index is 1030. The van der Waals surface area contributed by atoms with Crippen LogP contribution in [0.25, 0.3) is 10.9 Å². The van der Waals surface area contributed by atoms with Gasteiger partial charge in [-0.15, -0.1) is 0 Å². The van der Waals surface area contributed by atoms with Crippen molar-refractivity contribution in [3.05, 3.63) is 57.8 Å². The van der Waals surface area contributed by atoms with Gasteiger partial charge in [0, 0.05) is 13.5 Å². The molecular weight excluding hydrogens is 340 g/mol. The van der Waals surface area contributed by atoms with Crippen molar-refractivity contribution in [3.8, 4) is 0 Å². The smallest absolute Gasteiger partial charge is 0.261 e. The molecule has 0 spiro atoms. The van der Waals surface area contributed by atoms with Crippen LogP contribution >= 0.6 is 0 Å². The van der Waals surface area contributed by atoms with Gasteiger partial charge in [-0.1, -0.05) is 12.1 Å². The summed E-state index contributed by atoms with van der Waals surface area (Å²) in [5.74, 6) is 2.72. The number of nitrogens with zero attached hydrogens (tertiary/aromatic N) is 4. The second-order valence-electron chi connectivity index (χ2n) is 7.66. The van der Waals surface area contributed by atoms with Gasteiger partial charge in [-0.25, -0.2) is 9.97 Å². The number of rotatable bonds is 3. The molecule has 27 heavy (non-hydrogen) atoms. The Morgan fingerprint density at radius 1 is 1.15 bits per heavy atom. The molecule has 1 aliphatic heterocycles. The summed E-state index contributed by atoms with van der Waals surface area (Å²) >= 11 is 0. The fraction of sp³-hybridized carbons (Fsp3) is 0.476. The molecule has 1 atom stereocenters.